The van der Waals surface area contributed by atoms with Crippen LogP contribution < -0.4 is 10.5 Å². The fraction of sp³-hybridized carbons (Fsp3) is 0.500. The molecule has 3 heteroatoms. The lowest BCUT2D eigenvalue weighted by molar-refractivity contribution is 0.315. The van der Waals surface area contributed by atoms with Gasteiger partial charge < -0.3 is 10.5 Å². The van der Waals surface area contributed by atoms with E-state index in [1.54, 1.807) is 0 Å². The topological polar surface area (TPSA) is 35.2 Å². The van der Waals surface area contributed by atoms with Gasteiger partial charge in [-0.25, -0.2) is 4.39 Å². The average Bonchev–Trinajstić information content (AvgIpc) is 2.12. The maximum atomic E-state index is 13.2. The van der Waals surface area contributed by atoms with Gasteiger partial charge in [-0.05, 0) is 37.5 Å². The van der Waals surface area contributed by atoms with Crippen LogP contribution >= 0.6 is 0 Å². The second kappa shape index (κ2) is 5.71. The minimum absolute atomic E-state index is 0.0332. The first kappa shape index (κ1) is 12.0. The molecule has 15 heavy (non-hydrogen) atoms. The molecule has 2 N–H and O–H groups in total. The summed E-state index contributed by atoms with van der Waals surface area (Å²) in [6, 6.07) is 4.79. The molecule has 0 bridgehead atoms. The van der Waals surface area contributed by atoms with E-state index in [9.17, 15) is 4.39 Å². The molecule has 2 nitrogen and oxygen atoms in total. The second-order valence-corrected chi connectivity index (χ2v) is 3.83. The van der Waals surface area contributed by atoms with Gasteiger partial charge in [0.25, 0.3) is 0 Å². The van der Waals surface area contributed by atoms with Gasteiger partial charge in [-0.2, -0.15) is 0 Å². The Balaban J connectivity index is 2.75. The molecule has 84 valence electrons. The summed E-state index contributed by atoms with van der Waals surface area (Å²) >= 11 is 0. The number of rotatable bonds is 5. The van der Waals surface area contributed by atoms with Crippen LogP contribution in [-0.2, 0) is 6.42 Å². The highest BCUT2D eigenvalue weighted by molar-refractivity contribution is 5.30. The van der Waals surface area contributed by atoms with E-state index in [1.807, 2.05) is 19.9 Å². The summed E-state index contributed by atoms with van der Waals surface area (Å²) in [5, 5.41) is 0. The number of halogens is 1. The molecule has 1 unspecified atom stereocenters. The summed E-state index contributed by atoms with van der Waals surface area (Å²) in [4.78, 5) is 0. The van der Waals surface area contributed by atoms with E-state index in [-0.39, 0.29) is 11.9 Å². The van der Waals surface area contributed by atoms with E-state index in [2.05, 4.69) is 0 Å². The summed E-state index contributed by atoms with van der Waals surface area (Å²) < 4.78 is 18.6. The van der Waals surface area contributed by atoms with Crippen molar-refractivity contribution in [2.24, 2.45) is 5.73 Å². The van der Waals surface area contributed by atoms with Crippen LogP contribution in [0, 0.1) is 5.82 Å². The Morgan fingerprint density at radius 1 is 1.40 bits per heavy atom. The maximum Gasteiger partial charge on any atom is 0.127 e. The third-order valence-electron chi connectivity index (χ3n) is 1.96. The fourth-order valence-electron chi connectivity index (χ4n) is 1.41. The molecule has 0 aromatic heterocycles. The molecule has 1 rings (SSSR count). The largest absolute Gasteiger partial charge is 0.493 e. The Morgan fingerprint density at radius 2 is 2.13 bits per heavy atom. The molecule has 0 fully saturated rings. The fourth-order valence-corrected chi connectivity index (χ4v) is 1.41. The van der Waals surface area contributed by atoms with Crippen molar-refractivity contribution < 1.29 is 9.13 Å². The summed E-state index contributed by atoms with van der Waals surface area (Å²) in [7, 11) is 0. The van der Waals surface area contributed by atoms with E-state index in [0.717, 1.165) is 12.0 Å². The zero-order valence-corrected chi connectivity index (χ0v) is 9.29. The third-order valence-corrected chi connectivity index (χ3v) is 1.96. The molecular weight excluding hydrogens is 193 g/mol. The second-order valence-electron chi connectivity index (χ2n) is 3.83. The summed E-state index contributed by atoms with van der Waals surface area (Å²) in [5.74, 6) is 0.326. The number of nitrogens with two attached hydrogens (primary N) is 1. The molecule has 1 aromatic carbocycles. The standard InChI is InChI=1S/C12H18FNO/c1-3-4-15-12-7-10(5-9(2)14)6-11(13)8-12/h6-9H,3-5,14H2,1-2H3. The zero-order chi connectivity index (χ0) is 11.3. The van der Waals surface area contributed by atoms with Crippen molar-refractivity contribution in [3.05, 3.63) is 29.6 Å². The van der Waals surface area contributed by atoms with Crippen LogP contribution in [0.15, 0.2) is 18.2 Å². The molecule has 0 heterocycles. The molecule has 1 aromatic rings. The van der Waals surface area contributed by atoms with Crippen molar-refractivity contribution in [3.63, 3.8) is 0 Å². The molecule has 0 amide bonds. The normalized spacial score (nSPS) is 12.5. The first-order valence-corrected chi connectivity index (χ1v) is 5.29. The predicted molar refractivity (Wildman–Crippen MR) is 59.5 cm³/mol. The Hall–Kier alpha value is -1.09. The first-order valence-electron chi connectivity index (χ1n) is 5.29. The van der Waals surface area contributed by atoms with Crippen LogP contribution in [0.5, 0.6) is 5.75 Å². The molecule has 0 aliphatic carbocycles. The summed E-state index contributed by atoms with van der Waals surface area (Å²) in [6.07, 6.45) is 1.58. The van der Waals surface area contributed by atoms with Crippen molar-refractivity contribution in [2.45, 2.75) is 32.7 Å². The van der Waals surface area contributed by atoms with Crippen molar-refractivity contribution in [3.8, 4) is 5.75 Å². The Kier molecular flexibility index (Phi) is 4.56. The van der Waals surface area contributed by atoms with Crippen molar-refractivity contribution in [1.29, 1.82) is 0 Å². The SMILES string of the molecule is CCCOc1cc(F)cc(CC(C)N)c1. The summed E-state index contributed by atoms with van der Waals surface area (Å²) in [5.41, 5.74) is 6.55. The first-order chi connectivity index (χ1) is 7.11. The maximum absolute atomic E-state index is 13.2. The van der Waals surface area contributed by atoms with Gasteiger partial charge in [0.2, 0.25) is 0 Å². The van der Waals surface area contributed by atoms with Crippen LogP contribution in [0.3, 0.4) is 0 Å². The molecule has 0 radical (unpaired) electrons. The van der Waals surface area contributed by atoms with Crippen LogP contribution in [0.4, 0.5) is 4.39 Å². The highest BCUT2D eigenvalue weighted by Gasteiger charge is 2.03. The van der Waals surface area contributed by atoms with Gasteiger partial charge in [-0.15, -0.1) is 0 Å². The Labute approximate surface area is 90.2 Å². The van der Waals surface area contributed by atoms with E-state index in [4.69, 9.17) is 10.5 Å². The molecular formula is C12H18FNO. The van der Waals surface area contributed by atoms with Crippen LogP contribution in [-0.4, -0.2) is 12.6 Å². The predicted octanol–water partition coefficient (Wildman–Crippen LogP) is 2.50. The summed E-state index contributed by atoms with van der Waals surface area (Å²) in [6.45, 7) is 4.53. The van der Waals surface area contributed by atoms with Gasteiger partial charge >= 0.3 is 0 Å². The van der Waals surface area contributed by atoms with Crippen LogP contribution in [0.25, 0.3) is 0 Å². The zero-order valence-electron chi connectivity index (χ0n) is 9.29. The molecule has 0 saturated carbocycles. The lowest BCUT2D eigenvalue weighted by Crippen LogP contribution is -2.17. The minimum Gasteiger partial charge on any atom is -0.493 e. The monoisotopic (exact) mass is 211 g/mol. The minimum atomic E-state index is -0.265. The number of ether oxygens (including phenoxy) is 1. The van der Waals surface area contributed by atoms with Gasteiger partial charge in [-0.3, -0.25) is 0 Å². The van der Waals surface area contributed by atoms with Crippen molar-refractivity contribution in [1.82, 2.24) is 0 Å². The number of benzene rings is 1. The Morgan fingerprint density at radius 3 is 2.73 bits per heavy atom. The average molecular weight is 211 g/mol. The van der Waals surface area contributed by atoms with Crippen molar-refractivity contribution in [2.75, 3.05) is 6.61 Å². The van der Waals surface area contributed by atoms with Gasteiger partial charge in [0.15, 0.2) is 0 Å². The van der Waals surface area contributed by atoms with Crippen LogP contribution in [0.2, 0.25) is 0 Å². The highest BCUT2D eigenvalue weighted by atomic mass is 19.1. The number of hydrogen-bond donors (Lipinski definition) is 1. The molecule has 0 spiro atoms. The lowest BCUT2D eigenvalue weighted by atomic mass is 10.1. The molecule has 1 atom stereocenters. The quantitative estimate of drug-likeness (QED) is 0.812. The van der Waals surface area contributed by atoms with Gasteiger partial charge in [0, 0.05) is 12.1 Å². The van der Waals surface area contributed by atoms with Gasteiger partial charge in [-0.1, -0.05) is 6.92 Å². The smallest absolute Gasteiger partial charge is 0.127 e. The van der Waals surface area contributed by atoms with Gasteiger partial charge in [0.05, 0.1) is 6.61 Å². The Bertz CT molecular complexity index is 312. The number of hydrogen-bond acceptors (Lipinski definition) is 2. The van der Waals surface area contributed by atoms with E-state index in [0.29, 0.717) is 18.8 Å². The lowest BCUT2D eigenvalue weighted by Gasteiger charge is -2.09. The van der Waals surface area contributed by atoms with Crippen LogP contribution in [0.1, 0.15) is 25.8 Å². The molecule has 0 saturated heterocycles. The van der Waals surface area contributed by atoms with E-state index >= 15 is 0 Å². The van der Waals surface area contributed by atoms with E-state index in [1.165, 1.54) is 12.1 Å². The van der Waals surface area contributed by atoms with Gasteiger partial charge in [0.1, 0.15) is 11.6 Å². The highest BCUT2D eigenvalue weighted by Crippen LogP contribution is 2.17. The molecule has 0 aliphatic heterocycles. The van der Waals surface area contributed by atoms with Crippen molar-refractivity contribution >= 4 is 0 Å². The van der Waals surface area contributed by atoms with E-state index < -0.39 is 0 Å². The third kappa shape index (κ3) is 4.30. The molecule has 0 aliphatic rings.